The lowest BCUT2D eigenvalue weighted by Crippen LogP contribution is -2.41. The number of halogens is 5. The standard InChI is InChI=1S/C36H38F5N3O4/c1-6-23-15-25(33-21(4)13-26(37)14-22(33)5)16-27(34(23)38)29(18-32(46)47)42-35(48)30(12-20(2)3)44-19-24(8-11-43-9-7-10-43)28(17-31(44)45)36(39,40)41/h1,13-17,19-20,29-30H,7-12,18H2,2-5H3,(H,42,48)(H,46,47)/t29-,30+/m1/s1. The first-order chi connectivity index (χ1) is 22.5. The van der Waals surface area contributed by atoms with Gasteiger partial charge in [-0.1, -0.05) is 19.8 Å². The van der Waals surface area contributed by atoms with Crippen LogP contribution in [0.25, 0.3) is 11.1 Å². The van der Waals surface area contributed by atoms with E-state index in [-0.39, 0.29) is 35.4 Å². The minimum atomic E-state index is -4.80. The normalized spacial score (nSPS) is 14.7. The average Bonchev–Trinajstić information content (AvgIpc) is 2.94. The molecule has 1 aromatic heterocycles. The molecule has 4 rings (SSSR count). The van der Waals surface area contributed by atoms with Crippen molar-refractivity contribution in [3.8, 4) is 23.5 Å². The van der Waals surface area contributed by atoms with E-state index < -0.39 is 59.3 Å². The van der Waals surface area contributed by atoms with Gasteiger partial charge in [-0.15, -0.1) is 6.42 Å². The smallest absolute Gasteiger partial charge is 0.416 e. The monoisotopic (exact) mass is 671 g/mol. The molecule has 2 aromatic carbocycles. The molecule has 256 valence electrons. The number of terminal acetylenes is 1. The number of nitrogens with one attached hydrogen (secondary N) is 1. The topological polar surface area (TPSA) is 91.6 Å². The molecule has 2 N–H and O–H groups in total. The summed E-state index contributed by atoms with van der Waals surface area (Å²) < 4.78 is 72.9. The van der Waals surface area contributed by atoms with Crippen LogP contribution in [0.3, 0.4) is 0 Å². The Balaban J connectivity index is 1.80. The molecule has 0 radical (unpaired) electrons. The van der Waals surface area contributed by atoms with Crippen LogP contribution < -0.4 is 10.9 Å². The molecule has 0 bridgehead atoms. The number of carboxylic acids is 1. The molecule has 0 spiro atoms. The molecular formula is C36H38F5N3O4. The molecular weight excluding hydrogens is 633 g/mol. The summed E-state index contributed by atoms with van der Waals surface area (Å²) in [5, 5.41) is 12.3. The van der Waals surface area contributed by atoms with Crippen molar-refractivity contribution >= 4 is 11.9 Å². The molecule has 0 unspecified atom stereocenters. The van der Waals surface area contributed by atoms with Crippen molar-refractivity contribution in [1.82, 2.24) is 14.8 Å². The number of alkyl halides is 3. The van der Waals surface area contributed by atoms with Crippen molar-refractivity contribution < 1.29 is 36.6 Å². The minimum Gasteiger partial charge on any atom is -0.481 e. The Morgan fingerprint density at radius 2 is 1.71 bits per heavy atom. The molecule has 2 atom stereocenters. The number of rotatable bonds is 12. The average molecular weight is 672 g/mol. The number of benzene rings is 2. The van der Waals surface area contributed by atoms with Crippen LogP contribution in [0.4, 0.5) is 22.0 Å². The fraction of sp³-hybridized carbons (Fsp3) is 0.417. The zero-order valence-electron chi connectivity index (χ0n) is 27.2. The molecule has 1 amide bonds. The number of aromatic nitrogens is 1. The van der Waals surface area contributed by atoms with Crippen LogP contribution >= 0.6 is 0 Å². The maximum Gasteiger partial charge on any atom is 0.416 e. The van der Waals surface area contributed by atoms with E-state index in [9.17, 15) is 37.1 Å². The summed E-state index contributed by atoms with van der Waals surface area (Å²) in [5.41, 5.74) is -0.847. The zero-order valence-corrected chi connectivity index (χ0v) is 27.2. The number of carbonyl (C=O) groups is 2. The molecule has 12 heteroatoms. The number of hydrogen-bond donors (Lipinski definition) is 2. The van der Waals surface area contributed by atoms with Gasteiger partial charge in [-0.2, -0.15) is 13.2 Å². The predicted molar refractivity (Wildman–Crippen MR) is 171 cm³/mol. The third kappa shape index (κ3) is 8.31. The highest BCUT2D eigenvalue weighted by molar-refractivity contribution is 5.82. The highest BCUT2D eigenvalue weighted by atomic mass is 19.4. The first kappa shape index (κ1) is 36.3. The summed E-state index contributed by atoms with van der Waals surface area (Å²) in [6.45, 7) is 8.65. The number of carbonyl (C=O) groups excluding carboxylic acids is 1. The van der Waals surface area contributed by atoms with Gasteiger partial charge in [0.2, 0.25) is 5.91 Å². The molecule has 1 aliphatic heterocycles. The Bertz CT molecular complexity index is 1780. The molecule has 0 saturated carbocycles. The zero-order chi connectivity index (χ0) is 35.5. The first-order valence-electron chi connectivity index (χ1n) is 15.6. The third-order valence-corrected chi connectivity index (χ3v) is 8.56. The van der Waals surface area contributed by atoms with Crippen molar-refractivity contribution in [2.75, 3.05) is 19.6 Å². The Labute approximate surface area is 275 Å². The second kappa shape index (κ2) is 14.7. The van der Waals surface area contributed by atoms with Crippen LogP contribution in [0.15, 0.2) is 41.3 Å². The molecule has 1 fully saturated rings. The van der Waals surface area contributed by atoms with E-state index in [0.717, 1.165) is 30.3 Å². The number of pyridine rings is 1. The Morgan fingerprint density at radius 1 is 1.06 bits per heavy atom. The van der Waals surface area contributed by atoms with E-state index in [4.69, 9.17) is 6.42 Å². The van der Waals surface area contributed by atoms with Crippen molar-refractivity contribution in [2.45, 2.75) is 71.6 Å². The van der Waals surface area contributed by atoms with E-state index in [0.29, 0.717) is 34.9 Å². The van der Waals surface area contributed by atoms with Gasteiger partial charge in [0.25, 0.3) is 5.56 Å². The highest BCUT2D eigenvalue weighted by Crippen LogP contribution is 2.35. The lowest BCUT2D eigenvalue weighted by molar-refractivity contribution is -0.139. The van der Waals surface area contributed by atoms with Crippen LogP contribution in [-0.4, -0.2) is 46.1 Å². The van der Waals surface area contributed by atoms with Gasteiger partial charge in [0.1, 0.15) is 17.7 Å². The SMILES string of the molecule is C#Cc1cc(-c2c(C)cc(F)cc2C)cc([C@@H](CC(=O)O)NC(=O)[C@H](CC(C)C)n2cc(CCN3CCC3)c(C(F)(F)F)cc2=O)c1F. The highest BCUT2D eigenvalue weighted by Gasteiger charge is 2.36. The lowest BCUT2D eigenvalue weighted by atomic mass is 9.90. The van der Waals surface area contributed by atoms with Gasteiger partial charge in [-0.05, 0) is 104 Å². The van der Waals surface area contributed by atoms with Crippen LogP contribution in [0, 0.1) is 43.7 Å². The van der Waals surface area contributed by atoms with Gasteiger partial charge < -0.3 is 19.9 Å². The van der Waals surface area contributed by atoms with E-state index >= 15 is 4.39 Å². The Hall–Kier alpha value is -4.50. The molecule has 0 aliphatic carbocycles. The largest absolute Gasteiger partial charge is 0.481 e. The molecule has 7 nitrogen and oxygen atoms in total. The molecule has 2 heterocycles. The van der Waals surface area contributed by atoms with Gasteiger partial charge >= 0.3 is 12.1 Å². The Kier molecular flexibility index (Phi) is 11.1. The van der Waals surface area contributed by atoms with Crippen molar-refractivity contribution in [2.24, 2.45) is 5.92 Å². The summed E-state index contributed by atoms with van der Waals surface area (Å²) >= 11 is 0. The van der Waals surface area contributed by atoms with E-state index in [1.165, 1.54) is 24.3 Å². The second-order valence-electron chi connectivity index (χ2n) is 12.7. The van der Waals surface area contributed by atoms with E-state index in [2.05, 4.69) is 11.2 Å². The van der Waals surface area contributed by atoms with Crippen LogP contribution in [0.5, 0.6) is 0 Å². The van der Waals surface area contributed by atoms with Gasteiger partial charge in [0.05, 0.1) is 23.6 Å². The Morgan fingerprint density at radius 3 is 2.23 bits per heavy atom. The number of aliphatic carboxylic acids is 1. The van der Waals surface area contributed by atoms with Gasteiger partial charge in [-0.25, -0.2) is 8.78 Å². The number of hydrogen-bond acceptors (Lipinski definition) is 4. The van der Waals surface area contributed by atoms with Gasteiger partial charge in [0, 0.05) is 24.4 Å². The van der Waals surface area contributed by atoms with Gasteiger partial charge in [0.15, 0.2) is 0 Å². The van der Waals surface area contributed by atoms with Crippen LogP contribution in [-0.2, 0) is 22.2 Å². The minimum absolute atomic E-state index is 0.00849. The summed E-state index contributed by atoms with van der Waals surface area (Å²) in [4.78, 5) is 41.2. The van der Waals surface area contributed by atoms with Crippen molar-refractivity contribution in [1.29, 1.82) is 0 Å². The predicted octanol–water partition coefficient (Wildman–Crippen LogP) is 6.58. The quantitative estimate of drug-likeness (QED) is 0.168. The van der Waals surface area contributed by atoms with E-state index in [1.54, 1.807) is 27.7 Å². The molecule has 48 heavy (non-hydrogen) atoms. The maximum absolute atomic E-state index is 15.9. The van der Waals surface area contributed by atoms with Gasteiger partial charge in [-0.3, -0.25) is 14.4 Å². The maximum atomic E-state index is 15.9. The first-order valence-corrected chi connectivity index (χ1v) is 15.6. The number of amides is 1. The number of likely N-dealkylation sites (tertiary alicyclic amines) is 1. The second-order valence-corrected chi connectivity index (χ2v) is 12.7. The fourth-order valence-corrected chi connectivity index (χ4v) is 6.17. The summed E-state index contributed by atoms with van der Waals surface area (Å²) in [6, 6.07) is 2.92. The van der Waals surface area contributed by atoms with Crippen LogP contribution in [0.2, 0.25) is 0 Å². The van der Waals surface area contributed by atoms with Crippen molar-refractivity contribution in [3.63, 3.8) is 0 Å². The van der Waals surface area contributed by atoms with Crippen LogP contribution in [0.1, 0.15) is 78.6 Å². The van der Waals surface area contributed by atoms with Crippen molar-refractivity contribution in [3.05, 3.63) is 91.9 Å². The molecule has 3 aromatic rings. The summed E-state index contributed by atoms with van der Waals surface area (Å²) in [5.74, 6) is -1.69. The molecule has 1 aliphatic rings. The third-order valence-electron chi connectivity index (χ3n) is 8.56. The molecule has 1 saturated heterocycles. The number of carboxylic acid groups (broad SMARTS) is 1. The summed E-state index contributed by atoms with van der Waals surface area (Å²) in [6.07, 6.45) is 2.01. The summed E-state index contributed by atoms with van der Waals surface area (Å²) in [7, 11) is 0. The fourth-order valence-electron chi connectivity index (χ4n) is 6.17. The van der Waals surface area contributed by atoms with E-state index in [1.807, 2.05) is 4.90 Å². The number of aryl methyl sites for hydroxylation is 2. The number of nitrogens with zero attached hydrogens (tertiary/aromatic N) is 2. The lowest BCUT2D eigenvalue weighted by Gasteiger charge is -2.31.